The Bertz CT molecular complexity index is 695. The van der Waals surface area contributed by atoms with E-state index in [-0.39, 0.29) is 11.9 Å². The number of likely N-dealkylation sites (tertiary alicyclic amines) is 1. The molecule has 0 radical (unpaired) electrons. The number of amides is 1. The van der Waals surface area contributed by atoms with Crippen LogP contribution < -0.4 is 5.32 Å². The second kappa shape index (κ2) is 5.75. The predicted molar refractivity (Wildman–Crippen MR) is 82.0 cm³/mol. The average Bonchev–Trinajstić information content (AvgIpc) is 2.79. The molecule has 1 amide bonds. The molecule has 7 nitrogen and oxygen atoms in total. The molecular weight excluding hydrogens is 280 g/mol. The summed E-state index contributed by atoms with van der Waals surface area (Å²) in [4.78, 5) is 26.6. The van der Waals surface area contributed by atoms with Crippen molar-refractivity contribution in [2.45, 2.75) is 32.9 Å². The smallest absolute Gasteiger partial charge is 0.220 e. The summed E-state index contributed by atoms with van der Waals surface area (Å²) in [5, 5.41) is 3.28. The van der Waals surface area contributed by atoms with Crippen molar-refractivity contribution in [1.82, 2.24) is 24.4 Å². The van der Waals surface area contributed by atoms with Crippen LogP contribution in [0.2, 0.25) is 0 Å². The normalized spacial score (nSPS) is 17.2. The number of hydrogen-bond acceptors (Lipinski definition) is 5. The van der Waals surface area contributed by atoms with Crippen LogP contribution >= 0.6 is 0 Å². The van der Waals surface area contributed by atoms with Crippen LogP contribution in [-0.4, -0.2) is 36.9 Å². The third-order valence-corrected chi connectivity index (χ3v) is 3.97. The summed E-state index contributed by atoms with van der Waals surface area (Å²) in [5.41, 5.74) is 0.899. The van der Waals surface area contributed by atoms with Crippen molar-refractivity contribution in [1.29, 1.82) is 0 Å². The lowest BCUT2D eigenvalue weighted by atomic mass is 9.99. The molecule has 2 aromatic rings. The molecule has 0 aromatic carbocycles. The molecule has 0 aliphatic carbocycles. The Morgan fingerprint density at radius 3 is 2.86 bits per heavy atom. The Hall–Kier alpha value is -2.44. The van der Waals surface area contributed by atoms with Crippen molar-refractivity contribution in [3.05, 3.63) is 35.8 Å². The first-order chi connectivity index (χ1) is 10.5. The summed E-state index contributed by atoms with van der Waals surface area (Å²) in [7, 11) is 1.96. The molecule has 0 spiro atoms. The van der Waals surface area contributed by atoms with E-state index < -0.39 is 0 Å². The fourth-order valence-corrected chi connectivity index (χ4v) is 2.66. The molecule has 1 saturated heterocycles. The quantitative estimate of drug-likeness (QED) is 0.924. The number of imidazole rings is 1. The molecule has 3 heterocycles. The van der Waals surface area contributed by atoms with E-state index in [9.17, 15) is 4.79 Å². The minimum absolute atomic E-state index is 0.0768. The summed E-state index contributed by atoms with van der Waals surface area (Å²) in [6, 6.07) is 2.00. The second-order valence-electron chi connectivity index (χ2n) is 5.55. The highest BCUT2D eigenvalue weighted by Gasteiger charge is 2.32. The first-order valence-corrected chi connectivity index (χ1v) is 7.37. The minimum atomic E-state index is 0.0768. The van der Waals surface area contributed by atoms with Gasteiger partial charge in [0, 0.05) is 39.0 Å². The van der Waals surface area contributed by atoms with E-state index >= 15 is 0 Å². The Morgan fingerprint density at radius 1 is 1.45 bits per heavy atom. The minimum Gasteiger partial charge on any atom is -0.363 e. The number of aromatic nitrogens is 4. The first kappa shape index (κ1) is 14.5. The Kier molecular flexibility index (Phi) is 3.79. The zero-order valence-electron chi connectivity index (χ0n) is 13.1. The van der Waals surface area contributed by atoms with Gasteiger partial charge >= 0.3 is 0 Å². The molecule has 2 aromatic heterocycles. The predicted octanol–water partition coefficient (Wildman–Crippen LogP) is 1.42. The van der Waals surface area contributed by atoms with Crippen LogP contribution in [-0.2, 0) is 18.4 Å². The molecule has 1 atom stereocenters. The number of aryl methyl sites for hydroxylation is 2. The van der Waals surface area contributed by atoms with Crippen molar-refractivity contribution >= 4 is 11.7 Å². The van der Waals surface area contributed by atoms with Crippen LogP contribution in [0.4, 0.5) is 5.82 Å². The maximum Gasteiger partial charge on any atom is 0.220 e. The van der Waals surface area contributed by atoms with Crippen LogP contribution in [0.3, 0.4) is 0 Å². The lowest BCUT2D eigenvalue weighted by molar-refractivity contribution is -0.136. The Labute approximate surface area is 129 Å². The molecule has 0 bridgehead atoms. The number of rotatable bonds is 4. The van der Waals surface area contributed by atoms with E-state index in [4.69, 9.17) is 0 Å². The summed E-state index contributed by atoms with van der Waals surface area (Å²) < 4.78 is 1.96. The number of anilines is 1. The third kappa shape index (κ3) is 2.79. The van der Waals surface area contributed by atoms with Crippen LogP contribution in [0.25, 0.3) is 0 Å². The van der Waals surface area contributed by atoms with Crippen molar-refractivity contribution in [2.75, 3.05) is 11.9 Å². The largest absolute Gasteiger partial charge is 0.363 e. The van der Waals surface area contributed by atoms with Gasteiger partial charge in [0.25, 0.3) is 0 Å². The molecule has 0 unspecified atom stereocenters. The van der Waals surface area contributed by atoms with E-state index in [1.54, 1.807) is 13.1 Å². The molecule has 116 valence electrons. The van der Waals surface area contributed by atoms with E-state index in [2.05, 4.69) is 20.3 Å². The van der Waals surface area contributed by atoms with Crippen LogP contribution in [0.15, 0.2) is 18.5 Å². The lowest BCUT2D eigenvalue weighted by Gasteiger charge is -2.40. The number of hydrogen-bond donors (Lipinski definition) is 1. The second-order valence-corrected chi connectivity index (χ2v) is 5.55. The molecular formula is C15H20N6O. The van der Waals surface area contributed by atoms with Crippen LogP contribution in [0.5, 0.6) is 0 Å². The van der Waals surface area contributed by atoms with Crippen LogP contribution in [0, 0.1) is 6.92 Å². The molecule has 1 aliphatic rings. The van der Waals surface area contributed by atoms with E-state index in [1.165, 1.54) is 0 Å². The van der Waals surface area contributed by atoms with E-state index in [0.29, 0.717) is 12.4 Å². The van der Waals surface area contributed by atoms with Gasteiger partial charge in [0.1, 0.15) is 17.5 Å². The lowest BCUT2D eigenvalue weighted by Crippen LogP contribution is -2.44. The number of nitrogens with zero attached hydrogens (tertiary/aromatic N) is 5. The Balaban J connectivity index is 1.75. The monoisotopic (exact) mass is 300 g/mol. The van der Waals surface area contributed by atoms with Crippen molar-refractivity contribution < 1.29 is 4.79 Å². The van der Waals surface area contributed by atoms with Gasteiger partial charge in [-0.25, -0.2) is 15.0 Å². The van der Waals surface area contributed by atoms with Crippen molar-refractivity contribution in [3.63, 3.8) is 0 Å². The highest BCUT2D eigenvalue weighted by Crippen LogP contribution is 2.32. The van der Waals surface area contributed by atoms with Crippen LogP contribution in [0.1, 0.15) is 36.7 Å². The highest BCUT2D eigenvalue weighted by molar-refractivity contribution is 5.74. The van der Waals surface area contributed by atoms with Gasteiger partial charge in [-0.2, -0.15) is 0 Å². The molecule has 3 rings (SSSR count). The summed E-state index contributed by atoms with van der Waals surface area (Å²) in [6.45, 7) is 4.87. The van der Waals surface area contributed by atoms with Gasteiger partial charge in [0.2, 0.25) is 5.91 Å². The molecule has 1 N–H and O–H groups in total. The molecule has 0 saturated carbocycles. The molecule has 22 heavy (non-hydrogen) atoms. The van der Waals surface area contributed by atoms with E-state index in [0.717, 1.165) is 30.3 Å². The first-order valence-electron chi connectivity index (χ1n) is 7.37. The van der Waals surface area contributed by atoms with Gasteiger partial charge in [0.05, 0.1) is 18.3 Å². The molecule has 1 aliphatic heterocycles. The van der Waals surface area contributed by atoms with Gasteiger partial charge in [-0.1, -0.05) is 0 Å². The van der Waals surface area contributed by atoms with Crippen molar-refractivity contribution in [2.24, 2.45) is 7.05 Å². The average molecular weight is 300 g/mol. The number of nitrogens with one attached hydrogen (secondary N) is 1. The van der Waals surface area contributed by atoms with Gasteiger partial charge in [0.15, 0.2) is 0 Å². The van der Waals surface area contributed by atoms with Gasteiger partial charge in [-0.15, -0.1) is 0 Å². The molecule has 7 heteroatoms. The summed E-state index contributed by atoms with van der Waals surface area (Å²) in [6.07, 6.45) is 4.63. The van der Waals surface area contributed by atoms with Gasteiger partial charge in [-0.05, 0) is 13.3 Å². The zero-order chi connectivity index (χ0) is 15.7. The number of carbonyl (C=O) groups is 1. The van der Waals surface area contributed by atoms with Gasteiger partial charge < -0.3 is 14.8 Å². The zero-order valence-corrected chi connectivity index (χ0v) is 13.1. The standard InChI is InChI=1S/C15H20N6O/c1-10-18-12(13-4-6-21(13)11(2)22)8-14(19-10)17-9-15-16-5-7-20(15)3/h5,7-8,13H,4,6,9H2,1-3H3,(H,17,18,19)/t13-/m0/s1. The fraction of sp³-hybridized carbons (Fsp3) is 0.467. The SMILES string of the molecule is CC(=O)N1CC[C@H]1c1cc(NCc2nccn2C)nc(C)n1. The highest BCUT2D eigenvalue weighted by atomic mass is 16.2. The molecule has 1 fully saturated rings. The topological polar surface area (TPSA) is 75.9 Å². The maximum absolute atomic E-state index is 11.6. The fourth-order valence-electron chi connectivity index (χ4n) is 2.66. The maximum atomic E-state index is 11.6. The third-order valence-electron chi connectivity index (χ3n) is 3.97. The summed E-state index contributed by atoms with van der Waals surface area (Å²) in [5.74, 6) is 2.50. The Morgan fingerprint density at radius 2 is 2.27 bits per heavy atom. The van der Waals surface area contributed by atoms with E-state index in [1.807, 2.05) is 35.7 Å². The van der Waals surface area contributed by atoms with Gasteiger partial charge in [-0.3, -0.25) is 4.79 Å². The van der Waals surface area contributed by atoms with Crippen molar-refractivity contribution in [3.8, 4) is 0 Å². The number of carbonyl (C=O) groups excluding carboxylic acids is 1. The summed E-state index contributed by atoms with van der Waals surface area (Å²) >= 11 is 0.